The van der Waals surface area contributed by atoms with Crippen LogP contribution in [0.1, 0.15) is 16.2 Å². The monoisotopic (exact) mass is 463 g/mol. The van der Waals surface area contributed by atoms with E-state index >= 15 is 0 Å². The maximum Gasteiger partial charge on any atom is 0.293 e. The van der Waals surface area contributed by atoms with Crippen molar-refractivity contribution in [2.45, 2.75) is 6.54 Å². The third-order valence-electron chi connectivity index (χ3n) is 5.50. The molecule has 32 heavy (non-hydrogen) atoms. The number of para-hydroxylation sites is 1. The van der Waals surface area contributed by atoms with Crippen molar-refractivity contribution in [3.05, 3.63) is 88.5 Å². The first-order valence-corrected chi connectivity index (χ1v) is 11.8. The van der Waals surface area contributed by atoms with Crippen LogP contribution in [-0.2, 0) is 6.54 Å². The summed E-state index contributed by atoms with van der Waals surface area (Å²) in [7, 11) is 0. The Morgan fingerprint density at radius 3 is 2.50 bits per heavy atom. The second kappa shape index (κ2) is 9.24. The molecule has 0 aliphatic carbocycles. The van der Waals surface area contributed by atoms with Crippen LogP contribution < -0.4 is 0 Å². The van der Waals surface area contributed by atoms with Gasteiger partial charge < -0.3 is 4.90 Å². The summed E-state index contributed by atoms with van der Waals surface area (Å²) < 4.78 is 1.76. The van der Waals surface area contributed by atoms with Crippen LogP contribution in [0.2, 0.25) is 5.02 Å². The van der Waals surface area contributed by atoms with Gasteiger partial charge in [0.1, 0.15) is 0 Å². The van der Waals surface area contributed by atoms with Crippen LogP contribution in [0.15, 0.2) is 72.1 Å². The highest BCUT2D eigenvalue weighted by Gasteiger charge is 2.27. The fourth-order valence-electron chi connectivity index (χ4n) is 3.86. The minimum absolute atomic E-state index is 0.125. The molecule has 1 fully saturated rings. The lowest BCUT2D eigenvalue weighted by Gasteiger charge is -2.34. The normalized spacial score (nSPS) is 14.6. The van der Waals surface area contributed by atoms with Gasteiger partial charge in [-0.25, -0.2) is 9.67 Å². The maximum atomic E-state index is 13.2. The van der Waals surface area contributed by atoms with Crippen molar-refractivity contribution in [3.63, 3.8) is 0 Å². The van der Waals surface area contributed by atoms with Crippen LogP contribution in [0.3, 0.4) is 0 Å². The lowest BCUT2D eigenvalue weighted by molar-refractivity contribution is 0.0616. The van der Waals surface area contributed by atoms with Crippen LogP contribution in [0.25, 0.3) is 16.4 Å². The molecular formula is C24H22ClN5OS. The van der Waals surface area contributed by atoms with E-state index in [9.17, 15) is 4.79 Å². The minimum atomic E-state index is -0.125. The number of carbonyl (C=O) groups is 1. The van der Waals surface area contributed by atoms with Gasteiger partial charge in [0.05, 0.1) is 10.6 Å². The lowest BCUT2D eigenvalue weighted by Crippen LogP contribution is -2.48. The van der Waals surface area contributed by atoms with Gasteiger partial charge >= 0.3 is 0 Å². The topological polar surface area (TPSA) is 54.3 Å². The predicted octanol–water partition coefficient (Wildman–Crippen LogP) is 4.61. The van der Waals surface area contributed by atoms with Crippen molar-refractivity contribution in [2.24, 2.45) is 0 Å². The molecule has 0 atom stereocenters. The molecule has 0 spiro atoms. The number of hydrogen-bond acceptors (Lipinski definition) is 5. The van der Waals surface area contributed by atoms with Gasteiger partial charge in [-0.05, 0) is 41.3 Å². The van der Waals surface area contributed by atoms with E-state index in [1.165, 1.54) is 5.56 Å². The molecule has 4 aromatic rings. The van der Waals surface area contributed by atoms with Crippen LogP contribution in [-0.4, -0.2) is 56.7 Å². The number of benzene rings is 2. The Balaban J connectivity index is 1.32. The Morgan fingerprint density at radius 1 is 0.969 bits per heavy atom. The molecule has 2 aromatic heterocycles. The van der Waals surface area contributed by atoms with Crippen LogP contribution in [0, 0.1) is 0 Å². The average Bonchev–Trinajstić information content (AvgIpc) is 3.50. The molecule has 0 bridgehead atoms. The van der Waals surface area contributed by atoms with Gasteiger partial charge in [-0.2, -0.15) is 0 Å². The van der Waals surface area contributed by atoms with Crippen molar-refractivity contribution < 1.29 is 4.79 Å². The quantitative estimate of drug-likeness (QED) is 0.434. The summed E-state index contributed by atoms with van der Waals surface area (Å²) in [6.45, 7) is 3.72. The number of amides is 1. The molecule has 0 unspecified atom stereocenters. The number of halogens is 1. The van der Waals surface area contributed by atoms with Gasteiger partial charge in [0.2, 0.25) is 5.82 Å². The van der Waals surface area contributed by atoms with E-state index in [-0.39, 0.29) is 11.7 Å². The largest absolute Gasteiger partial charge is 0.333 e. The summed E-state index contributed by atoms with van der Waals surface area (Å²) in [6, 6.07) is 21.7. The number of carbonyl (C=O) groups excluding carboxylic acids is 1. The zero-order chi connectivity index (χ0) is 21.9. The van der Waals surface area contributed by atoms with Crippen molar-refractivity contribution in [3.8, 4) is 16.4 Å². The highest BCUT2D eigenvalue weighted by molar-refractivity contribution is 7.13. The number of aromatic nitrogens is 3. The Bertz CT molecular complexity index is 1200. The number of thiophene rings is 1. The fourth-order valence-corrected chi connectivity index (χ4v) is 4.77. The minimum Gasteiger partial charge on any atom is -0.333 e. The molecule has 0 saturated carbocycles. The Kier molecular flexibility index (Phi) is 6.03. The van der Waals surface area contributed by atoms with Crippen LogP contribution in [0.4, 0.5) is 0 Å². The second-order valence-electron chi connectivity index (χ2n) is 7.68. The highest BCUT2D eigenvalue weighted by atomic mass is 35.5. The molecule has 5 rings (SSSR count). The first kappa shape index (κ1) is 20.9. The molecule has 3 heterocycles. The van der Waals surface area contributed by atoms with E-state index in [4.69, 9.17) is 11.6 Å². The van der Waals surface area contributed by atoms with E-state index in [0.717, 1.165) is 35.2 Å². The standard InChI is InChI=1S/C24H22ClN5OS/c25-19-7-4-6-18(16-19)17-28-11-13-29(14-12-28)24(31)22-26-23(21-10-5-15-32-21)30(27-22)20-8-2-1-3-9-20/h1-10,15-16H,11-14,17H2. The summed E-state index contributed by atoms with van der Waals surface area (Å²) in [5, 5.41) is 7.35. The van der Waals surface area contributed by atoms with E-state index in [1.807, 2.05) is 70.9 Å². The van der Waals surface area contributed by atoms with E-state index < -0.39 is 0 Å². The summed E-state index contributed by atoms with van der Waals surface area (Å²) in [5.74, 6) is 0.801. The molecular weight excluding hydrogens is 442 g/mol. The van der Waals surface area contributed by atoms with Crippen molar-refractivity contribution in [1.82, 2.24) is 24.6 Å². The third-order valence-corrected chi connectivity index (χ3v) is 6.60. The van der Waals surface area contributed by atoms with Gasteiger partial charge in [-0.1, -0.05) is 48.0 Å². The Morgan fingerprint density at radius 2 is 1.78 bits per heavy atom. The van der Waals surface area contributed by atoms with E-state index in [0.29, 0.717) is 18.9 Å². The summed E-state index contributed by atoms with van der Waals surface area (Å²) >= 11 is 7.69. The Hall–Kier alpha value is -3.00. The molecule has 8 heteroatoms. The molecule has 6 nitrogen and oxygen atoms in total. The second-order valence-corrected chi connectivity index (χ2v) is 9.07. The fraction of sp³-hybridized carbons (Fsp3) is 0.208. The van der Waals surface area contributed by atoms with Gasteiger partial charge in [-0.15, -0.1) is 16.4 Å². The van der Waals surface area contributed by atoms with E-state index in [2.05, 4.69) is 21.0 Å². The molecule has 0 N–H and O–H groups in total. The van der Waals surface area contributed by atoms with Crippen molar-refractivity contribution in [2.75, 3.05) is 26.2 Å². The van der Waals surface area contributed by atoms with Gasteiger partial charge in [0.15, 0.2) is 5.82 Å². The molecule has 1 aliphatic heterocycles. The zero-order valence-electron chi connectivity index (χ0n) is 17.4. The lowest BCUT2D eigenvalue weighted by atomic mass is 10.2. The molecule has 1 aliphatic rings. The molecule has 162 valence electrons. The summed E-state index contributed by atoms with van der Waals surface area (Å²) in [5.41, 5.74) is 2.06. The third kappa shape index (κ3) is 4.46. The maximum absolute atomic E-state index is 13.2. The highest BCUT2D eigenvalue weighted by Crippen LogP contribution is 2.26. The Labute approximate surface area is 195 Å². The predicted molar refractivity (Wildman–Crippen MR) is 127 cm³/mol. The van der Waals surface area contributed by atoms with Crippen LogP contribution in [0.5, 0.6) is 0 Å². The number of hydrogen-bond donors (Lipinski definition) is 0. The van der Waals surface area contributed by atoms with Gasteiger partial charge in [0.25, 0.3) is 5.91 Å². The zero-order valence-corrected chi connectivity index (χ0v) is 19.0. The van der Waals surface area contributed by atoms with E-state index in [1.54, 1.807) is 16.0 Å². The first-order valence-electron chi connectivity index (χ1n) is 10.5. The van der Waals surface area contributed by atoms with Crippen LogP contribution >= 0.6 is 22.9 Å². The number of rotatable bonds is 5. The van der Waals surface area contributed by atoms with Crippen molar-refractivity contribution >= 4 is 28.8 Å². The SMILES string of the molecule is O=C(c1nc(-c2cccs2)n(-c2ccccc2)n1)N1CCN(Cc2cccc(Cl)c2)CC1. The molecule has 0 radical (unpaired) electrons. The van der Waals surface area contributed by atoms with Crippen molar-refractivity contribution in [1.29, 1.82) is 0 Å². The first-order chi connectivity index (χ1) is 15.7. The average molecular weight is 464 g/mol. The number of nitrogens with zero attached hydrogens (tertiary/aromatic N) is 5. The van der Waals surface area contributed by atoms with Gasteiger partial charge in [0, 0.05) is 37.7 Å². The molecule has 1 saturated heterocycles. The summed E-state index contributed by atoms with van der Waals surface area (Å²) in [4.78, 5) is 23.0. The summed E-state index contributed by atoms with van der Waals surface area (Å²) in [6.07, 6.45) is 0. The number of piperazine rings is 1. The molecule has 2 aromatic carbocycles. The molecule has 1 amide bonds. The van der Waals surface area contributed by atoms with Gasteiger partial charge in [-0.3, -0.25) is 9.69 Å². The smallest absolute Gasteiger partial charge is 0.293 e.